The zero-order valence-electron chi connectivity index (χ0n) is 8.97. The molecule has 1 unspecified atom stereocenters. The second-order valence-electron chi connectivity index (χ2n) is 4.26. The average Bonchev–Trinajstić information content (AvgIpc) is 2.28. The molecule has 84 valence electrons. The highest BCUT2D eigenvalue weighted by Gasteiger charge is 2.14. The molecule has 0 amide bonds. The number of nitrogens with one attached hydrogen (secondary N) is 1. The van der Waals surface area contributed by atoms with Gasteiger partial charge in [-0.15, -0.1) is 0 Å². The molecule has 1 aliphatic heterocycles. The number of hydrogen-bond acceptors (Lipinski definition) is 2. The van der Waals surface area contributed by atoms with E-state index in [4.69, 9.17) is 4.74 Å². The fraction of sp³-hybridized carbons (Fsp3) is 0.667. The molecule has 0 bridgehead atoms. The van der Waals surface area contributed by atoms with Gasteiger partial charge in [0, 0.05) is 25.0 Å². The van der Waals surface area contributed by atoms with Crippen LogP contribution in [0, 0.1) is 5.92 Å². The molecule has 2 nitrogen and oxygen atoms in total. The molecule has 0 spiro atoms. The van der Waals surface area contributed by atoms with Gasteiger partial charge in [-0.3, -0.25) is 0 Å². The van der Waals surface area contributed by atoms with E-state index in [9.17, 15) is 4.39 Å². The van der Waals surface area contributed by atoms with Crippen molar-refractivity contribution < 1.29 is 9.13 Å². The van der Waals surface area contributed by atoms with Crippen LogP contribution in [0.2, 0.25) is 0 Å². The fourth-order valence-electron chi connectivity index (χ4n) is 2.02. The van der Waals surface area contributed by atoms with Gasteiger partial charge in [-0.1, -0.05) is 0 Å². The van der Waals surface area contributed by atoms with E-state index in [0.717, 1.165) is 19.5 Å². The summed E-state index contributed by atoms with van der Waals surface area (Å²) in [5.41, 5.74) is 0. The highest BCUT2D eigenvalue weighted by Crippen LogP contribution is 2.20. The number of piperidine rings is 1. The van der Waals surface area contributed by atoms with Gasteiger partial charge in [-0.25, -0.2) is 4.39 Å². The van der Waals surface area contributed by atoms with Gasteiger partial charge in [0.15, 0.2) is 0 Å². The van der Waals surface area contributed by atoms with E-state index in [0.29, 0.717) is 24.7 Å². The molecule has 1 aliphatic carbocycles. The Morgan fingerprint density at radius 1 is 1.53 bits per heavy atom. The Morgan fingerprint density at radius 2 is 2.47 bits per heavy atom. The van der Waals surface area contributed by atoms with E-state index in [1.807, 2.05) is 6.08 Å². The lowest BCUT2D eigenvalue weighted by molar-refractivity contribution is 0.154. The minimum Gasteiger partial charge on any atom is -0.493 e. The lowest BCUT2D eigenvalue weighted by Crippen LogP contribution is -2.32. The molecule has 0 aromatic rings. The summed E-state index contributed by atoms with van der Waals surface area (Å²) in [5.74, 6) is 1.23. The van der Waals surface area contributed by atoms with E-state index in [-0.39, 0.29) is 5.83 Å². The topological polar surface area (TPSA) is 21.3 Å². The monoisotopic (exact) mass is 211 g/mol. The summed E-state index contributed by atoms with van der Waals surface area (Å²) in [6, 6.07) is 0. The summed E-state index contributed by atoms with van der Waals surface area (Å²) in [6.45, 7) is 2.86. The van der Waals surface area contributed by atoms with Gasteiger partial charge < -0.3 is 10.1 Å². The number of ether oxygens (including phenoxy) is 1. The molecule has 1 heterocycles. The summed E-state index contributed by atoms with van der Waals surface area (Å²) < 4.78 is 18.5. The zero-order chi connectivity index (χ0) is 10.5. The van der Waals surface area contributed by atoms with Crippen molar-refractivity contribution in [2.75, 3.05) is 19.7 Å². The first-order valence-corrected chi connectivity index (χ1v) is 5.74. The molecule has 0 aromatic carbocycles. The van der Waals surface area contributed by atoms with Crippen molar-refractivity contribution in [3.63, 3.8) is 0 Å². The summed E-state index contributed by atoms with van der Waals surface area (Å²) in [6.07, 6.45) is 7.21. The highest BCUT2D eigenvalue weighted by molar-refractivity contribution is 5.19. The van der Waals surface area contributed by atoms with Crippen molar-refractivity contribution in [3.05, 3.63) is 23.7 Å². The Bertz CT molecular complexity index is 267. The SMILES string of the molecule is FC1=CC(OCC2CCCNC2)=CCC1. The third kappa shape index (κ3) is 3.34. The molecule has 3 heteroatoms. The Labute approximate surface area is 90.2 Å². The summed E-state index contributed by atoms with van der Waals surface area (Å²) in [4.78, 5) is 0. The van der Waals surface area contributed by atoms with Gasteiger partial charge in [0.25, 0.3) is 0 Å². The van der Waals surface area contributed by atoms with Gasteiger partial charge in [0.1, 0.15) is 11.6 Å². The second kappa shape index (κ2) is 5.31. The number of rotatable bonds is 3. The Hall–Kier alpha value is -0.830. The van der Waals surface area contributed by atoms with Crippen molar-refractivity contribution in [2.45, 2.75) is 25.7 Å². The minimum absolute atomic E-state index is 0.0609. The van der Waals surface area contributed by atoms with Gasteiger partial charge in [0.2, 0.25) is 0 Å². The maximum Gasteiger partial charge on any atom is 0.117 e. The van der Waals surface area contributed by atoms with Crippen molar-refractivity contribution in [3.8, 4) is 0 Å². The minimum atomic E-state index is -0.0609. The molecule has 15 heavy (non-hydrogen) atoms. The molecule has 0 radical (unpaired) electrons. The number of halogens is 1. The van der Waals surface area contributed by atoms with Gasteiger partial charge in [0.05, 0.1) is 6.61 Å². The first-order chi connectivity index (χ1) is 7.34. The van der Waals surface area contributed by atoms with E-state index >= 15 is 0 Å². The molecule has 0 aromatic heterocycles. The third-order valence-electron chi connectivity index (χ3n) is 2.91. The normalized spacial score (nSPS) is 26.9. The van der Waals surface area contributed by atoms with Gasteiger partial charge >= 0.3 is 0 Å². The van der Waals surface area contributed by atoms with Crippen LogP contribution in [-0.2, 0) is 4.74 Å². The zero-order valence-corrected chi connectivity index (χ0v) is 8.97. The van der Waals surface area contributed by atoms with Crippen LogP contribution >= 0.6 is 0 Å². The van der Waals surface area contributed by atoms with Crippen LogP contribution < -0.4 is 5.32 Å². The van der Waals surface area contributed by atoms with Crippen LogP contribution in [0.15, 0.2) is 23.7 Å². The summed E-state index contributed by atoms with van der Waals surface area (Å²) in [5, 5.41) is 3.34. The quantitative estimate of drug-likeness (QED) is 0.774. The molecule has 1 fully saturated rings. The van der Waals surface area contributed by atoms with Gasteiger partial charge in [-0.05, 0) is 31.9 Å². The average molecular weight is 211 g/mol. The lowest BCUT2D eigenvalue weighted by atomic mass is 10.0. The van der Waals surface area contributed by atoms with Crippen molar-refractivity contribution in [1.82, 2.24) is 5.32 Å². The van der Waals surface area contributed by atoms with E-state index in [1.54, 1.807) is 0 Å². The predicted octanol–water partition coefficient (Wildman–Crippen LogP) is 2.53. The number of allylic oxidation sites excluding steroid dienone is 3. The van der Waals surface area contributed by atoms with Crippen LogP contribution in [0.1, 0.15) is 25.7 Å². The summed E-state index contributed by atoms with van der Waals surface area (Å²) in [7, 11) is 0. The molecular weight excluding hydrogens is 193 g/mol. The second-order valence-corrected chi connectivity index (χ2v) is 4.26. The van der Waals surface area contributed by atoms with Gasteiger partial charge in [-0.2, -0.15) is 0 Å². The smallest absolute Gasteiger partial charge is 0.117 e. The molecule has 1 atom stereocenters. The number of hydrogen-bond donors (Lipinski definition) is 1. The van der Waals surface area contributed by atoms with E-state index in [2.05, 4.69) is 5.32 Å². The first-order valence-electron chi connectivity index (χ1n) is 5.74. The van der Waals surface area contributed by atoms with E-state index in [1.165, 1.54) is 18.9 Å². The Kier molecular flexibility index (Phi) is 3.78. The first kappa shape index (κ1) is 10.7. The van der Waals surface area contributed by atoms with Crippen LogP contribution in [0.25, 0.3) is 0 Å². The standard InChI is InChI=1S/C12H18FNO/c13-11-4-1-5-12(7-11)15-9-10-3-2-6-14-8-10/h5,7,10,14H,1-4,6,8-9H2. The Morgan fingerprint density at radius 3 is 3.20 bits per heavy atom. The van der Waals surface area contributed by atoms with Crippen LogP contribution in [-0.4, -0.2) is 19.7 Å². The maximum atomic E-state index is 12.9. The van der Waals surface area contributed by atoms with Crippen molar-refractivity contribution >= 4 is 0 Å². The third-order valence-corrected chi connectivity index (χ3v) is 2.91. The molecule has 1 saturated heterocycles. The van der Waals surface area contributed by atoms with Crippen LogP contribution in [0.3, 0.4) is 0 Å². The molecule has 2 aliphatic rings. The van der Waals surface area contributed by atoms with E-state index < -0.39 is 0 Å². The van der Waals surface area contributed by atoms with Crippen molar-refractivity contribution in [2.24, 2.45) is 5.92 Å². The fourth-order valence-corrected chi connectivity index (χ4v) is 2.02. The highest BCUT2D eigenvalue weighted by atomic mass is 19.1. The molecular formula is C12H18FNO. The predicted molar refractivity (Wildman–Crippen MR) is 58.1 cm³/mol. The molecule has 1 N–H and O–H groups in total. The Balaban J connectivity index is 1.75. The van der Waals surface area contributed by atoms with Crippen LogP contribution in [0.4, 0.5) is 4.39 Å². The van der Waals surface area contributed by atoms with Crippen molar-refractivity contribution in [1.29, 1.82) is 0 Å². The summed E-state index contributed by atoms with van der Waals surface area (Å²) >= 11 is 0. The lowest BCUT2D eigenvalue weighted by Gasteiger charge is -2.23. The molecule has 0 saturated carbocycles. The molecule has 2 rings (SSSR count). The van der Waals surface area contributed by atoms with Crippen LogP contribution in [0.5, 0.6) is 0 Å². The maximum absolute atomic E-state index is 12.9. The largest absolute Gasteiger partial charge is 0.493 e.